The number of hydrogen-bond donors (Lipinski definition) is 0. The molecule has 262 valence electrons. The lowest BCUT2D eigenvalue weighted by molar-refractivity contribution is 1.18. The van der Waals surface area contributed by atoms with Crippen LogP contribution in [0, 0.1) is 0 Å². The molecule has 0 amide bonds. The number of benzene rings is 9. The Kier molecular flexibility index (Phi) is 7.53. The van der Waals surface area contributed by atoms with Crippen molar-refractivity contribution in [3.63, 3.8) is 0 Å². The van der Waals surface area contributed by atoms with Gasteiger partial charge in [0.2, 0.25) is 0 Å². The molecule has 2 nitrogen and oxygen atoms in total. The summed E-state index contributed by atoms with van der Waals surface area (Å²) in [5, 5.41) is 5.00. The number of aromatic nitrogens is 2. The number of fused-ring (bicyclic) bond motifs is 6. The van der Waals surface area contributed by atoms with Crippen LogP contribution >= 0.6 is 0 Å². The van der Waals surface area contributed by atoms with E-state index in [0.29, 0.717) is 0 Å². The second-order valence-corrected chi connectivity index (χ2v) is 14.6. The number of rotatable bonds is 6. The third-order valence-electron chi connectivity index (χ3n) is 11.3. The first-order valence-corrected chi connectivity index (χ1v) is 19.3. The lowest BCUT2D eigenvalue weighted by atomic mass is 9.99. The van der Waals surface area contributed by atoms with Gasteiger partial charge in [0, 0.05) is 32.9 Å². The molecule has 0 saturated heterocycles. The van der Waals surface area contributed by atoms with E-state index in [1.165, 1.54) is 88.1 Å². The van der Waals surface area contributed by atoms with Crippen LogP contribution in [-0.2, 0) is 0 Å². The van der Waals surface area contributed by atoms with Gasteiger partial charge in [0.15, 0.2) is 0 Å². The maximum Gasteiger partial charge on any atom is 0.0541 e. The van der Waals surface area contributed by atoms with Crippen LogP contribution in [0.2, 0.25) is 0 Å². The highest BCUT2D eigenvalue weighted by Gasteiger charge is 2.17. The topological polar surface area (TPSA) is 9.86 Å². The molecular formula is C54H36N2. The normalized spacial score (nSPS) is 11.6. The van der Waals surface area contributed by atoms with E-state index in [2.05, 4.69) is 228 Å². The summed E-state index contributed by atoms with van der Waals surface area (Å²) in [5.74, 6) is 0. The van der Waals surface area contributed by atoms with E-state index in [1.54, 1.807) is 0 Å². The van der Waals surface area contributed by atoms with Gasteiger partial charge in [-0.25, -0.2) is 0 Å². The molecule has 0 aliphatic heterocycles. The molecule has 0 fully saturated rings. The zero-order valence-electron chi connectivity index (χ0n) is 30.7. The molecule has 0 unspecified atom stereocenters. The van der Waals surface area contributed by atoms with E-state index in [1.807, 2.05) is 0 Å². The minimum atomic E-state index is 1.15. The highest BCUT2D eigenvalue weighted by Crippen LogP contribution is 2.39. The summed E-state index contributed by atoms with van der Waals surface area (Å²) in [6, 6.07) is 79.4. The van der Waals surface area contributed by atoms with Gasteiger partial charge in [0.1, 0.15) is 0 Å². The van der Waals surface area contributed by atoms with Gasteiger partial charge in [-0.15, -0.1) is 0 Å². The Hall–Kier alpha value is -7.42. The van der Waals surface area contributed by atoms with Crippen LogP contribution in [-0.4, -0.2) is 9.13 Å². The Morgan fingerprint density at radius 2 is 0.571 bits per heavy atom. The van der Waals surface area contributed by atoms with E-state index in [4.69, 9.17) is 0 Å². The monoisotopic (exact) mass is 712 g/mol. The van der Waals surface area contributed by atoms with E-state index >= 15 is 0 Å². The van der Waals surface area contributed by atoms with E-state index < -0.39 is 0 Å². The SMILES string of the molecule is c1ccc(-c2ccc(-n3c4ccccc4c4cc(-c5ccc6c(c5)c5ccccc5n6-c5cccc(-c6cccc(-c7ccccc7)c6)c5)ccc43)cc2)cc1. The summed E-state index contributed by atoms with van der Waals surface area (Å²) in [4.78, 5) is 0. The van der Waals surface area contributed by atoms with Crippen molar-refractivity contribution >= 4 is 43.6 Å². The summed E-state index contributed by atoms with van der Waals surface area (Å²) in [6.07, 6.45) is 0. The fourth-order valence-electron chi connectivity index (χ4n) is 8.63. The Morgan fingerprint density at radius 3 is 1.16 bits per heavy atom. The molecule has 0 N–H and O–H groups in total. The number of para-hydroxylation sites is 2. The number of hydrogen-bond acceptors (Lipinski definition) is 0. The van der Waals surface area contributed by atoms with Crippen molar-refractivity contribution in [2.75, 3.05) is 0 Å². The molecule has 56 heavy (non-hydrogen) atoms. The van der Waals surface area contributed by atoms with E-state index in [9.17, 15) is 0 Å². The number of nitrogens with zero attached hydrogens (tertiary/aromatic N) is 2. The zero-order valence-corrected chi connectivity index (χ0v) is 30.7. The van der Waals surface area contributed by atoms with E-state index in [0.717, 1.165) is 11.4 Å². The minimum absolute atomic E-state index is 1.15. The predicted molar refractivity (Wildman–Crippen MR) is 237 cm³/mol. The second kappa shape index (κ2) is 13.2. The van der Waals surface area contributed by atoms with Crippen LogP contribution in [0.1, 0.15) is 0 Å². The predicted octanol–water partition coefficient (Wildman–Crippen LogP) is 14.5. The molecule has 0 spiro atoms. The Labute approximate surface area is 325 Å². The fraction of sp³-hybridized carbons (Fsp3) is 0. The van der Waals surface area contributed by atoms with Crippen LogP contribution in [0.4, 0.5) is 0 Å². The van der Waals surface area contributed by atoms with Gasteiger partial charge in [-0.05, 0) is 111 Å². The van der Waals surface area contributed by atoms with Gasteiger partial charge >= 0.3 is 0 Å². The van der Waals surface area contributed by atoms with Crippen LogP contribution in [0.5, 0.6) is 0 Å². The molecular weight excluding hydrogens is 677 g/mol. The average Bonchev–Trinajstić information content (AvgIpc) is 3.79. The van der Waals surface area contributed by atoms with Crippen LogP contribution in [0.15, 0.2) is 218 Å². The standard InChI is InChI=1S/C54H36N2/c1-3-13-37(14-4-1)39-25-29-45(30-26-39)55-51-23-9-7-21-47(51)49-35-43(27-31-53(49)55)44-28-32-54-50(36-44)48-22-8-10-24-52(48)56(54)46-20-12-19-42(34-46)41-18-11-17-40(33-41)38-15-5-2-6-16-38/h1-36H. The quantitative estimate of drug-likeness (QED) is 0.162. The van der Waals surface area contributed by atoms with Gasteiger partial charge in [-0.1, -0.05) is 152 Å². The molecule has 0 saturated carbocycles. The third kappa shape index (κ3) is 5.34. The molecule has 11 rings (SSSR count). The molecule has 9 aromatic carbocycles. The van der Waals surface area contributed by atoms with Crippen molar-refractivity contribution < 1.29 is 0 Å². The molecule has 2 heteroatoms. The Balaban J connectivity index is 1.01. The van der Waals surface area contributed by atoms with E-state index in [-0.39, 0.29) is 0 Å². The molecule has 0 aliphatic rings. The molecule has 0 aliphatic carbocycles. The highest BCUT2D eigenvalue weighted by molar-refractivity contribution is 6.12. The maximum atomic E-state index is 2.42. The highest BCUT2D eigenvalue weighted by atomic mass is 15.0. The molecule has 0 atom stereocenters. The van der Waals surface area contributed by atoms with Crippen molar-refractivity contribution in [3.05, 3.63) is 218 Å². The summed E-state index contributed by atoms with van der Waals surface area (Å²) < 4.78 is 4.81. The molecule has 2 heterocycles. The molecule has 11 aromatic rings. The first-order valence-electron chi connectivity index (χ1n) is 19.3. The van der Waals surface area contributed by atoms with Gasteiger partial charge < -0.3 is 9.13 Å². The lowest BCUT2D eigenvalue weighted by Gasteiger charge is -2.12. The molecule has 0 radical (unpaired) electrons. The minimum Gasteiger partial charge on any atom is -0.309 e. The largest absolute Gasteiger partial charge is 0.309 e. The first kappa shape index (κ1) is 32.0. The molecule has 0 bridgehead atoms. The third-order valence-corrected chi connectivity index (χ3v) is 11.3. The van der Waals surface area contributed by atoms with Gasteiger partial charge in [-0.2, -0.15) is 0 Å². The Bertz CT molecular complexity index is 3220. The fourth-order valence-corrected chi connectivity index (χ4v) is 8.63. The summed E-state index contributed by atoms with van der Waals surface area (Å²) in [7, 11) is 0. The van der Waals surface area contributed by atoms with Crippen molar-refractivity contribution in [1.29, 1.82) is 0 Å². The van der Waals surface area contributed by atoms with Gasteiger partial charge in [-0.3, -0.25) is 0 Å². The summed E-state index contributed by atoms with van der Waals surface area (Å²) >= 11 is 0. The summed E-state index contributed by atoms with van der Waals surface area (Å²) in [6.45, 7) is 0. The zero-order chi connectivity index (χ0) is 37.0. The van der Waals surface area contributed by atoms with Crippen molar-refractivity contribution in [3.8, 4) is 55.9 Å². The van der Waals surface area contributed by atoms with Crippen molar-refractivity contribution in [2.45, 2.75) is 0 Å². The van der Waals surface area contributed by atoms with Gasteiger partial charge in [0.25, 0.3) is 0 Å². The lowest BCUT2D eigenvalue weighted by Crippen LogP contribution is -1.94. The van der Waals surface area contributed by atoms with Crippen LogP contribution in [0.3, 0.4) is 0 Å². The first-order chi connectivity index (χ1) is 27.8. The second-order valence-electron chi connectivity index (χ2n) is 14.6. The van der Waals surface area contributed by atoms with Crippen LogP contribution < -0.4 is 0 Å². The van der Waals surface area contributed by atoms with Crippen molar-refractivity contribution in [1.82, 2.24) is 9.13 Å². The maximum absolute atomic E-state index is 2.42. The Morgan fingerprint density at radius 1 is 0.196 bits per heavy atom. The van der Waals surface area contributed by atoms with Crippen molar-refractivity contribution in [2.24, 2.45) is 0 Å². The smallest absolute Gasteiger partial charge is 0.0541 e. The van der Waals surface area contributed by atoms with Crippen LogP contribution in [0.25, 0.3) is 99.5 Å². The summed E-state index contributed by atoms with van der Waals surface area (Å²) in [5.41, 5.74) is 16.8. The molecule has 2 aromatic heterocycles. The van der Waals surface area contributed by atoms with Gasteiger partial charge in [0.05, 0.1) is 22.1 Å². The average molecular weight is 713 g/mol.